The molecule has 0 aromatic carbocycles. The molecule has 0 aromatic heterocycles. The number of hydrogen-bond donors (Lipinski definition) is 8. The van der Waals surface area contributed by atoms with Crippen molar-refractivity contribution < 1.29 is 67.8 Å². The molecule has 0 heterocycles. The van der Waals surface area contributed by atoms with E-state index in [9.17, 15) is 18.7 Å². The number of carboxylic acids is 2. The van der Waals surface area contributed by atoms with Gasteiger partial charge in [0.15, 0.2) is 12.2 Å². The van der Waals surface area contributed by atoms with Crippen molar-refractivity contribution in [2.24, 2.45) is 0 Å². The molecule has 2 atom stereocenters. The Labute approximate surface area is 122 Å². The molecule has 14 nitrogen and oxygen atoms in total. The van der Waals surface area contributed by atoms with Crippen molar-refractivity contribution in [3.05, 3.63) is 0 Å². The van der Waals surface area contributed by atoms with Gasteiger partial charge in [-0.3, -0.25) is 9.05 Å². The van der Waals surface area contributed by atoms with Crippen molar-refractivity contribution in [1.82, 2.24) is 0 Å². The molecule has 0 aliphatic heterocycles. The Balaban J connectivity index is 0. The largest absolute Gasteiger partial charge is 0.479 e. The van der Waals surface area contributed by atoms with Crippen LogP contribution in [0.3, 0.4) is 0 Å². The molecule has 0 fully saturated rings. The average Bonchev–Trinajstić information content (AvgIpc) is 2.31. The summed E-state index contributed by atoms with van der Waals surface area (Å²) in [6, 6.07) is 0. The average molecular weight is 372 g/mol. The molecule has 0 saturated carbocycles. The van der Waals surface area contributed by atoms with E-state index >= 15 is 0 Å². The van der Waals surface area contributed by atoms with Gasteiger partial charge in [-0.15, -0.1) is 0 Å². The topological polar surface area (TPSA) is 249 Å². The Kier molecular flexibility index (Phi) is 10.6. The van der Waals surface area contributed by atoms with Gasteiger partial charge >= 0.3 is 27.6 Å². The molecule has 2 unspecified atom stereocenters. The fraction of sp³-hybridized carbons (Fsp3) is 0.667. The van der Waals surface area contributed by atoms with Crippen LogP contribution in [0, 0.1) is 0 Å². The molecule has 0 amide bonds. The number of hydrogen-bond acceptors (Lipinski definition) is 8. The van der Waals surface area contributed by atoms with Crippen LogP contribution < -0.4 is 0 Å². The number of carboxylic acid groups (broad SMARTS) is 2. The molecule has 0 spiro atoms. The molecule has 0 saturated heterocycles. The third-order valence-corrected chi connectivity index (χ3v) is 2.34. The van der Waals surface area contributed by atoms with Gasteiger partial charge in [0, 0.05) is 0 Å². The maximum Gasteiger partial charge on any atom is 0.469 e. The van der Waals surface area contributed by atoms with Gasteiger partial charge in [0.2, 0.25) is 0 Å². The van der Waals surface area contributed by atoms with Crippen LogP contribution in [0.5, 0.6) is 0 Å². The summed E-state index contributed by atoms with van der Waals surface area (Å²) >= 11 is 0. The Morgan fingerprint density at radius 1 is 0.773 bits per heavy atom. The maximum atomic E-state index is 9.93. The first-order chi connectivity index (χ1) is 9.65. The molecule has 132 valence electrons. The summed E-state index contributed by atoms with van der Waals surface area (Å²) in [4.78, 5) is 51.8. The van der Waals surface area contributed by atoms with E-state index < -0.39 is 53.0 Å². The fourth-order valence-corrected chi connectivity index (χ4v) is 1.15. The van der Waals surface area contributed by atoms with Gasteiger partial charge in [-0.1, -0.05) is 0 Å². The molecule has 0 aromatic rings. The molecule has 8 N–H and O–H groups in total. The monoisotopic (exact) mass is 372 g/mol. The lowest BCUT2D eigenvalue weighted by molar-refractivity contribution is -0.149. The first-order valence-corrected chi connectivity index (χ1v) is 7.93. The van der Waals surface area contributed by atoms with Gasteiger partial charge in [0.25, 0.3) is 0 Å². The number of rotatable bonds is 8. The van der Waals surface area contributed by atoms with Gasteiger partial charge in [0.1, 0.15) is 0 Å². The van der Waals surface area contributed by atoms with Crippen molar-refractivity contribution in [3.63, 3.8) is 0 Å². The van der Waals surface area contributed by atoms with Crippen LogP contribution in [0.2, 0.25) is 0 Å². The van der Waals surface area contributed by atoms with Crippen molar-refractivity contribution in [3.8, 4) is 0 Å². The maximum absolute atomic E-state index is 9.93. The predicted octanol–water partition coefficient (Wildman–Crippen LogP) is -2.92. The quantitative estimate of drug-likeness (QED) is 0.199. The van der Waals surface area contributed by atoms with Crippen LogP contribution in [-0.2, 0) is 27.8 Å². The van der Waals surface area contributed by atoms with Gasteiger partial charge < -0.3 is 40.0 Å². The van der Waals surface area contributed by atoms with Crippen LogP contribution in [-0.4, -0.2) is 77.4 Å². The summed E-state index contributed by atoms with van der Waals surface area (Å²) < 4.78 is 27.2. The van der Waals surface area contributed by atoms with Crippen LogP contribution in [0.1, 0.15) is 0 Å². The second-order valence-corrected chi connectivity index (χ2v) is 5.76. The molecule has 0 bridgehead atoms. The van der Waals surface area contributed by atoms with Gasteiger partial charge in [-0.05, 0) is 0 Å². The lowest BCUT2D eigenvalue weighted by Gasteiger charge is -2.06. The first kappa shape index (κ1) is 23.3. The minimum Gasteiger partial charge on any atom is -0.479 e. The molecular weight excluding hydrogens is 358 g/mol. The van der Waals surface area contributed by atoms with E-state index in [1.807, 2.05) is 0 Å². The third-order valence-electron chi connectivity index (χ3n) is 1.37. The van der Waals surface area contributed by atoms with E-state index in [-0.39, 0.29) is 0 Å². The minimum atomic E-state index is -4.68. The first-order valence-electron chi connectivity index (χ1n) is 4.87. The van der Waals surface area contributed by atoms with E-state index in [1.54, 1.807) is 0 Å². The van der Waals surface area contributed by atoms with Crippen LogP contribution in [0.25, 0.3) is 0 Å². The highest BCUT2D eigenvalue weighted by atomic mass is 31.2. The zero-order valence-corrected chi connectivity index (χ0v) is 12.3. The normalized spacial score (nSPS) is 14.5. The van der Waals surface area contributed by atoms with E-state index in [0.29, 0.717) is 0 Å². The van der Waals surface area contributed by atoms with E-state index in [2.05, 4.69) is 9.05 Å². The number of aliphatic hydroxyl groups excluding tert-OH is 2. The van der Waals surface area contributed by atoms with Gasteiger partial charge in [-0.2, -0.15) is 0 Å². The summed E-state index contributed by atoms with van der Waals surface area (Å²) in [5, 5.41) is 32.8. The van der Waals surface area contributed by atoms with E-state index in [0.717, 1.165) is 0 Å². The van der Waals surface area contributed by atoms with Crippen LogP contribution >= 0.6 is 15.6 Å². The smallest absolute Gasteiger partial charge is 0.469 e. The van der Waals surface area contributed by atoms with Gasteiger partial charge in [-0.25, -0.2) is 18.7 Å². The second-order valence-electron chi connectivity index (χ2n) is 3.28. The zero-order chi connectivity index (χ0) is 18.1. The van der Waals surface area contributed by atoms with Gasteiger partial charge in [0.05, 0.1) is 13.2 Å². The summed E-state index contributed by atoms with van der Waals surface area (Å²) in [6.45, 7) is -1.86. The number of aliphatic carboxylic acids is 2. The van der Waals surface area contributed by atoms with Crippen LogP contribution in [0.4, 0.5) is 0 Å². The molecule has 0 radical (unpaired) electrons. The van der Waals surface area contributed by atoms with Crippen molar-refractivity contribution >= 4 is 27.6 Å². The predicted molar refractivity (Wildman–Crippen MR) is 63.3 cm³/mol. The van der Waals surface area contributed by atoms with Crippen molar-refractivity contribution in [2.75, 3.05) is 13.2 Å². The molecule has 0 aliphatic carbocycles. The lowest BCUT2D eigenvalue weighted by Crippen LogP contribution is -2.24. The highest BCUT2D eigenvalue weighted by Gasteiger charge is 2.21. The summed E-state index contributed by atoms with van der Waals surface area (Å²) in [6.07, 6.45) is -3.83. The fourth-order valence-electron chi connectivity index (χ4n) is 0.478. The SMILES string of the molecule is O=C(O)C(O)COP(=O)(O)O.O=C(O)C(O)COP(=O)(O)O. The molecule has 0 aliphatic rings. The van der Waals surface area contributed by atoms with Crippen molar-refractivity contribution in [1.29, 1.82) is 0 Å². The zero-order valence-electron chi connectivity index (χ0n) is 10.5. The Hall–Kier alpha value is -0.920. The molecule has 0 rings (SSSR count). The Bertz CT molecular complexity index is 406. The minimum absolute atomic E-state index is 0.931. The van der Waals surface area contributed by atoms with E-state index in [1.165, 1.54) is 0 Å². The van der Waals surface area contributed by atoms with Crippen LogP contribution in [0.15, 0.2) is 0 Å². The molecule has 16 heteroatoms. The third kappa shape index (κ3) is 17.1. The number of aliphatic hydroxyl groups is 2. The Morgan fingerprint density at radius 3 is 1.14 bits per heavy atom. The molecular formula is C6H14O14P2. The second kappa shape index (κ2) is 9.97. The van der Waals surface area contributed by atoms with Crippen molar-refractivity contribution in [2.45, 2.75) is 12.2 Å². The Morgan fingerprint density at radius 2 is 1.00 bits per heavy atom. The lowest BCUT2D eigenvalue weighted by atomic mass is 10.4. The molecule has 22 heavy (non-hydrogen) atoms. The highest BCUT2D eigenvalue weighted by molar-refractivity contribution is 7.46. The summed E-state index contributed by atoms with van der Waals surface area (Å²) in [7, 11) is -9.37. The summed E-state index contributed by atoms with van der Waals surface area (Å²) in [5.41, 5.74) is 0. The number of carbonyl (C=O) groups is 2. The standard InChI is InChI=1S/2C3H7O7P/c2*4-2(3(5)6)1-10-11(7,8)9/h2*2,4H,1H2,(H,5,6)(H2,7,8,9). The number of phosphoric acid groups is 2. The highest BCUT2D eigenvalue weighted by Crippen LogP contribution is 2.36. The summed E-state index contributed by atoms with van der Waals surface area (Å²) in [5.74, 6) is -3.20. The number of phosphoric ester groups is 2. The van der Waals surface area contributed by atoms with E-state index in [4.69, 9.17) is 40.0 Å².